The zero-order valence-electron chi connectivity index (χ0n) is 15.6. The molecule has 1 aliphatic rings. The Hall–Kier alpha value is -1.64. The van der Waals surface area contributed by atoms with Crippen molar-refractivity contribution in [3.05, 3.63) is 28.7 Å². The minimum atomic E-state index is -3.62. The van der Waals surface area contributed by atoms with Gasteiger partial charge in [-0.15, -0.1) is 0 Å². The Kier molecular flexibility index (Phi) is 5.55. The second-order valence-electron chi connectivity index (χ2n) is 7.55. The molecular weight excluding hydrogens is 354 g/mol. The maximum absolute atomic E-state index is 12.6. The molecule has 0 aliphatic carbocycles. The number of nitrogens with zero attached hydrogens (tertiary/aromatic N) is 2. The summed E-state index contributed by atoms with van der Waals surface area (Å²) in [5.41, 5.74) is 0.855. The van der Waals surface area contributed by atoms with Crippen molar-refractivity contribution in [2.75, 3.05) is 26.2 Å². The molecule has 8 heteroatoms. The van der Waals surface area contributed by atoms with Crippen LogP contribution in [-0.2, 0) is 17.1 Å². The Morgan fingerprint density at radius 2 is 1.96 bits per heavy atom. The van der Waals surface area contributed by atoms with E-state index in [0.717, 1.165) is 32.5 Å². The van der Waals surface area contributed by atoms with Gasteiger partial charge < -0.3 is 9.32 Å². The molecule has 144 valence electrons. The highest BCUT2D eigenvalue weighted by Crippen LogP contribution is 2.20. The molecule has 26 heavy (non-hydrogen) atoms. The number of benzene rings is 1. The van der Waals surface area contributed by atoms with Crippen molar-refractivity contribution in [3.63, 3.8) is 0 Å². The van der Waals surface area contributed by atoms with Crippen LogP contribution in [0, 0.1) is 11.8 Å². The molecule has 0 amide bonds. The van der Waals surface area contributed by atoms with Gasteiger partial charge >= 0.3 is 5.76 Å². The van der Waals surface area contributed by atoms with Crippen LogP contribution < -0.4 is 10.5 Å². The highest BCUT2D eigenvalue weighted by Gasteiger charge is 2.23. The van der Waals surface area contributed by atoms with E-state index in [0.29, 0.717) is 23.9 Å². The topological polar surface area (TPSA) is 84.6 Å². The molecule has 1 fully saturated rings. The molecule has 0 radical (unpaired) electrons. The van der Waals surface area contributed by atoms with Crippen LogP contribution in [0.15, 0.2) is 32.3 Å². The number of hydrogen-bond donors (Lipinski definition) is 1. The Bertz CT molecular complexity index is 922. The first kappa shape index (κ1) is 19.1. The number of likely N-dealkylation sites (tertiary alicyclic amines) is 1. The Labute approximate surface area is 154 Å². The van der Waals surface area contributed by atoms with Gasteiger partial charge in [0.05, 0.1) is 10.4 Å². The molecule has 2 heterocycles. The van der Waals surface area contributed by atoms with Gasteiger partial charge in [0.15, 0.2) is 5.58 Å². The van der Waals surface area contributed by atoms with Crippen LogP contribution in [0.2, 0.25) is 0 Å². The van der Waals surface area contributed by atoms with Crippen molar-refractivity contribution in [2.24, 2.45) is 18.9 Å². The summed E-state index contributed by atoms with van der Waals surface area (Å²) < 4.78 is 34.3. The molecule has 0 saturated carbocycles. The van der Waals surface area contributed by atoms with Crippen molar-refractivity contribution < 1.29 is 12.8 Å². The number of fused-ring (bicyclic) bond motifs is 1. The lowest BCUT2D eigenvalue weighted by atomic mass is 9.96. The van der Waals surface area contributed by atoms with Gasteiger partial charge in [-0.3, -0.25) is 4.57 Å². The van der Waals surface area contributed by atoms with Gasteiger partial charge in [-0.1, -0.05) is 13.8 Å². The van der Waals surface area contributed by atoms with E-state index in [1.54, 1.807) is 13.1 Å². The van der Waals surface area contributed by atoms with Crippen molar-refractivity contribution in [1.29, 1.82) is 0 Å². The van der Waals surface area contributed by atoms with Crippen LogP contribution in [-0.4, -0.2) is 44.1 Å². The number of rotatable bonds is 6. The zero-order chi connectivity index (χ0) is 18.9. The lowest BCUT2D eigenvalue weighted by molar-refractivity contribution is 0.169. The smallest absolute Gasteiger partial charge is 0.408 e. The predicted octanol–water partition coefficient (Wildman–Crippen LogP) is 1.78. The Morgan fingerprint density at radius 3 is 2.62 bits per heavy atom. The molecule has 1 saturated heterocycles. The van der Waals surface area contributed by atoms with Crippen molar-refractivity contribution in [2.45, 2.75) is 31.6 Å². The summed E-state index contributed by atoms with van der Waals surface area (Å²) in [4.78, 5) is 14.1. The van der Waals surface area contributed by atoms with Gasteiger partial charge in [0.25, 0.3) is 0 Å². The molecule has 0 bridgehead atoms. The fraction of sp³-hybridized carbons (Fsp3) is 0.611. The maximum Gasteiger partial charge on any atom is 0.419 e. The second kappa shape index (κ2) is 7.54. The highest BCUT2D eigenvalue weighted by atomic mass is 32.2. The van der Waals surface area contributed by atoms with Gasteiger partial charge in [0.1, 0.15) is 0 Å². The van der Waals surface area contributed by atoms with Crippen molar-refractivity contribution in [3.8, 4) is 0 Å². The van der Waals surface area contributed by atoms with Crippen LogP contribution in [0.1, 0.15) is 26.7 Å². The summed E-state index contributed by atoms with van der Waals surface area (Å²) in [7, 11) is -2.03. The quantitative estimate of drug-likeness (QED) is 0.824. The van der Waals surface area contributed by atoms with Gasteiger partial charge in [-0.2, -0.15) is 0 Å². The van der Waals surface area contributed by atoms with Crippen LogP contribution in [0.5, 0.6) is 0 Å². The van der Waals surface area contributed by atoms with E-state index in [1.165, 1.54) is 16.7 Å². The lowest BCUT2D eigenvalue weighted by Crippen LogP contribution is -2.40. The maximum atomic E-state index is 12.6. The number of nitrogens with one attached hydrogen (secondary N) is 1. The van der Waals surface area contributed by atoms with E-state index < -0.39 is 15.8 Å². The zero-order valence-corrected chi connectivity index (χ0v) is 16.4. The van der Waals surface area contributed by atoms with Gasteiger partial charge in [0.2, 0.25) is 10.0 Å². The van der Waals surface area contributed by atoms with E-state index in [-0.39, 0.29) is 10.5 Å². The number of sulfonamides is 1. The number of aryl methyl sites for hydroxylation is 1. The molecule has 0 atom stereocenters. The first-order valence-electron chi connectivity index (χ1n) is 9.08. The third-order valence-corrected chi connectivity index (χ3v) is 6.39. The van der Waals surface area contributed by atoms with Crippen molar-refractivity contribution >= 4 is 21.1 Å². The molecule has 3 rings (SSSR count). The van der Waals surface area contributed by atoms with E-state index in [2.05, 4.69) is 23.5 Å². The monoisotopic (exact) mass is 381 g/mol. The molecule has 2 aromatic rings. The standard InChI is InChI=1S/C18H27N3O4S/c1-13(2)12-21-8-6-14(7-9-21)11-19-26(23,24)15-4-5-16-17(10-15)25-18(22)20(16)3/h4-5,10,13-14,19H,6-9,11-12H2,1-3H3. The average molecular weight is 381 g/mol. The number of piperidine rings is 1. The normalized spacial score (nSPS) is 17.4. The Morgan fingerprint density at radius 1 is 1.27 bits per heavy atom. The van der Waals surface area contributed by atoms with E-state index in [9.17, 15) is 13.2 Å². The SMILES string of the molecule is CC(C)CN1CCC(CNS(=O)(=O)c2ccc3c(c2)oc(=O)n3C)CC1. The van der Waals surface area contributed by atoms with Crippen LogP contribution in [0.4, 0.5) is 0 Å². The molecule has 0 unspecified atom stereocenters. The molecule has 1 N–H and O–H groups in total. The number of oxazole rings is 1. The fourth-order valence-corrected chi connectivity index (χ4v) is 4.61. The second-order valence-corrected chi connectivity index (χ2v) is 9.31. The van der Waals surface area contributed by atoms with Gasteiger partial charge in [0, 0.05) is 26.2 Å². The van der Waals surface area contributed by atoms with Gasteiger partial charge in [-0.25, -0.2) is 17.9 Å². The first-order valence-corrected chi connectivity index (χ1v) is 10.6. The molecular formula is C18H27N3O4S. The molecule has 7 nitrogen and oxygen atoms in total. The fourth-order valence-electron chi connectivity index (χ4n) is 3.48. The first-order chi connectivity index (χ1) is 12.3. The van der Waals surface area contributed by atoms with Crippen LogP contribution in [0.25, 0.3) is 11.1 Å². The van der Waals surface area contributed by atoms with E-state index in [4.69, 9.17) is 4.42 Å². The van der Waals surface area contributed by atoms with Crippen LogP contribution in [0.3, 0.4) is 0 Å². The van der Waals surface area contributed by atoms with E-state index >= 15 is 0 Å². The van der Waals surface area contributed by atoms with Gasteiger partial charge in [-0.05, 0) is 49.9 Å². The summed E-state index contributed by atoms with van der Waals surface area (Å²) in [6.45, 7) is 8.00. The molecule has 0 spiro atoms. The largest absolute Gasteiger partial charge is 0.419 e. The number of hydrogen-bond acceptors (Lipinski definition) is 5. The summed E-state index contributed by atoms with van der Waals surface area (Å²) in [6, 6.07) is 4.51. The summed E-state index contributed by atoms with van der Waals surface area (Å²) in [5, 5.41) is 0. The highest BCUT2D eigenvalue weighted by molar-refractivity contribution is 7.89. The summed E-state index contributed by atoms with van der Waals surface area (Å²) >= 11 is 0. The third-order valence-electron chi connectivity index (χ3n) is 4.97. The Balaban J connectivity index is 1.62. The minimum absolute atomic E-state index is 0.122. The third kappa shape index (κ3) is 4.19. The molecule has 1 aromatic heterocycles. The minimum Gasteiger partial charge on any atom is -0.408 e. The van der Waals surface area contributed by atoms with Crippen LogP contribution >= 0.6 is 0 Å². The molecule has 1 aliphatic heterocycles. The van der Waals surface area contributed by atoms with Crippen molar-refractivity contribution in [1.82, 2.24) is 14.2 Å². The lowest BCUT2D eigenvalue weighted by Gasteiger charge is -2.32. The average Bonchev–Trinajstić information content (AvgIpc) is 2.88. The molecule has 1 aromatic carbocycles. The van der Waals surface area contributed by atoms with E-state index in [1.807, 2.05) is 0 Å². The predicted molar refractivity (Wildman–Crippen MR) is 101 cm³/mol. The number of aromatic nitrogens is 1. The summed E-state index contributed by atoms with van der Waals surface area (Å²) in [6.07, 6.45) is 2.00. The summed E-state index contributed by atoms with van der Waals surface area (Å²) in [5.74, 6) is 0.500.